The Labute approximate surface area is 639 Å². The van der Waals surface area contributed by atoms with Crippen LogP contribution >= 0.6 is 11.3 Å². The number of rotatable bonds is 23. The molecule has 2 aliphatic rings. The third-order valence-electron chi connectivity index (χ3n) is 14.9. The number of carbonyl (C=O) groups is 3. The van der Waals surface area contributed by atoms with E-state index in [2.05, 4.69) is 57.3 Å². The predicted molar refractivity (Wildman–Crippen MR) is 424 cm³/mol. The first kappa shape index (κ1) is 92.0. The molecule has 18 heteroatoms. The van der Waals surface area contributed by atoms with Crippen LogP contribution in [-0.2, 0) is 0 Å². The fourth-order valence-corrected chi connectivity index (χ4v) is 9.81. The Kier molecular flexibility index (Phi) is 42.7. The van der Waals surface area contributed by atoms with Crippen LogP contribution in [0.5, 0.6) is 40.2 Å². The zero-order valence-electron chi connectivity index (χ0n) is 66.8. The highest BCUT2D eigenvalue weighted by Crippen LogP contribution is 2.35. The van der Waals surface area contributed by atoms with Crippen molar-refractivity contribution in [2.75, 3.05) is 20.0 Å². The minimum atomic E-state index is -2.75. The van der Waals surface area contributed by atoms with E-state index < -0.39 is 6.61 Å². The molecule has 0 atom stereocenters. The molecule has 107 heavy (non-hydrogen) atoms. The van der Waals surface area contributed by atoms with Gasteiger partial charge >= 0.3 is 6.61 Å². The summed E-state index contributed by atoms with van der Waals surface area (Å²) in [6.07, 6.45) is 6.78. The number of hydrogen-bond donors (Lipinski definition) is 0. The number of Topliss-reactive ketones (excluding diaryl/α,β-unsaturated/α-hetero) is 3. The third-order valence-corrected chi connectivity index (χ3v) is 15.8. The van der Waals surface area contributed by atoms with E-state index in [9.17, 15) is 31.9 Å². The molecule has 3 aromatic heterocycles. The Bertz CT molecular complexity index is 3850. The molecular weight excluding hydrogens is 1380 g/mol. The molecule has 0 unspecified atom stereocenters. The summed E-state index contributed by atoms with van der Waals surface area (Å²) in [7, 11) is 0. The lowest BCUT2D eigenvalue weighted by Crippen LogP contribution is -2.07. The van der Waals surface area contributed by atoms with Gasteiger partial charge in [0.25, 0.3) is 0 Å². The number of hydrogen-bond acceptors (Lipinski definition) is 14. The molecule has 584 valence electrons. The van der Waals surface area contributed by atoms with Crippen molar-refractivity contribution in [3.63, 3.8) is 0 Å². The number of fused-ring (bicyclic) bond motifs is 1. The lowest BCUT2D eigenvalue weighted by atomic mass is 10.0. The van der Waals surface area contributed by atoms with E-state index in [4.69, 9.17) is 37.3 Å². The first-order valence-electron chi connectivity index (χ1n) is 37.0. The second-order valence-corrected chi connectivity index (χ2v) is 29.8. The first-order chi connectivity index (χ1) is 50.6. The van der Waals surface area contributed by atoms with Crippen LogP contribution < -0.4 is 33.2 Å². The summed E-state index contributed by atoms with van der Waals surface area (Å²) in [5, 5.41) is 1.93. The van der Waals surface area contributed by atoms with Crippen LogP contribution in [0, 0.1) is 48.1 Å². The number of thiophene rings is 1. The van der Waals surface area contributed by atoms with Crippen LogP contribution in [0.3, 0.4) is 0 Å². The third kappa shape index (κ3) is 39.9. The summed E-state index contributed by atoms with van der Waals surface area (Å²) in [6.45, 7) is 41.4. The van der Waals surface area contributed by atoms with E-state index in [0.717, 1.165) is 81.3 Å². The van der Waals surface area contributed by atoms with Gasteiger partial charge in [-0.3, -0.25) is 14.4 Å². The molecule has 0 saturated heterocycles. The number of ether oxygens (including phenoxy) is 7. The molecule has 11 rings (SSSR count). The van der Waals surface area contributed by atoms with Gasteiger partial charge in [-0.15, -0.1) is 11.3 Å². The Balaban J connectivity index is 0.000000314. The van der Waals surface area contributed by atoms with E-state index in [1.165, 1.54) is 54.0 Å². The van der Waals surface area contributed by atoms with Crippen molar-refractivity contribution in [2.24, 2.45) is 29.6 Å². The maximum atomic E-state index is 12.7. The Morgan fingerprint density at radius 2 is 1.02 bits per heavy atom. The second-order valence-electron chi connectivity index (χ2n) is 28.8. The average molecular weight is 1500 g/mol. The van der Waals surface area contributed by atoms with Gasteiger partial charge in [0.1, 0.15) is 52.4 Å². The molecule has 9 aromatic rings. The minimum absolute atomic E-state index is 0.00880. The van der Waals surface area contributed by atoms with Crippen LogP contribution in [0.15, 0.2) is 190 Å². The largest absolute Gasteiger partial charge is 0.493 e. The number of furan rings is 1. The molecule has 1 aliphatic heterocycles. The maximum Gasteiger partial charge on any atom is 0.387 e. The molecular formula is C89H117F4NO12S. The standard InChI is InChI=1S/C13H18O2.C13H20O2.C11H13FO.C10H12F2O.C10H12O2.C9H11F.C9H12O2.C8H10OS.C6H9NO/c1-10(2)15-13-5-3-4-12(8-13)14-9-11-6-7-11;1-10(2)9-14-12-6-5-7-13(8-12)15-11(3)4;1-8(2)6-11(13)9-4-3-5-10(12)7-9;1-7(2)8-4-3-5-9(6-8)13-10(11)12;1-7(2)8-3-4-9-10(5-8)12-6-11-9;1-7(2)8-4-3-5-9(10)6-8;1-6(2)9(10)8-5-4-7(3)11-8;1-6(2)8(9)7-4-3-5-10-7;1-5(2)6-7-3-4-8-6/h3-5,8,10-11H,6-7,9H2,1-2H3;5-8,10-11H,9H2,1-4H3;3-5,7-8H,6H2,1-2H3;3-7,10H,1-2H3;3-5,7H,6H2,1-2H3;3-7H,1-2H3;4-6H,1-3H3;3-6H,1-2H3;3-5H,1-2H3. The number of oxazole rings is 1. The number of benzene rings is 6. The van der Waals surface area contributed by atoms with Crippen molar-refractivity contribution in [1.29, 1.82) is 0 Å². The zero-order chi connectivity index (χ0) is 79.7. The molecule has 13 nitrogen and oxygen atoms in total. The molecule has 1 saturated carbocycles. The summed E-state index contributed by atoms with van der Waals surface area (Å²) in [5.41, 5.74) is 3.81. The molecule has 0 amide bonds. The SMILES string of the molecule is CC(C)C(=O)c1cccs1.CC(C)CC(=O)c1cccc(F)c1.CC(C)COc1cccc(OC(C)C)c1.CC(C)Oc1cccc(OCC2CC2)c1.CC(C)c1ccc2c(c1)OCO2.CC(C)c1cccc(F)c1.CC(C)c1cccc(OC(F)F)c1.CC(C)c1ncco1.Cc1ccc(C(=O)C(C)C)o1. The van der Waals surface area contributed by atoms with E-state index in [-0.39, 0.29) is 58.8 Å². The van der Waals surface area contributed by atoms with Gasteiger partial charge in [0.2, 0.25) is 12.6 Å². The van der Waals surface area contributed by atoms with Crippen molar-refractivity contribution in [3.8, 4) is 40.2 Å². The van der Waals surface area contributed by atoms with Crippen molar-refractivity contribution in [3.05, 3.63) is 238 Å². The van der Waals surface area contributed by atoms with E-state index in [1.807, 2.05) is 194 Å². The smallest absolute Gasteiger partial charge is 0.387 e. The minimum Gasteiger partial charge on any atom is -0.493 e. The summed E-state index contributed by atoms with van der Waals surface area (Å²) in [4.78, 5) is 38.7. The molecule has 0 spiro atoms. The number of aryl methyl sites for hydroxylation is 1. The molecule has 1 fully saturated rings. The van der Waals surface area contributed by atoms with Crippen LogP contribution in [-0.4, -0.2) is 61.2 Å². The topological polar surface area (TPSA) is 155 Å². The van der Waals surface area contributed by atoms with Crippen LogP contribution in [0.2, 0.25) is 0 Å². The number of nitrogens with zero attached hydrogens (tertiary/aromatic N) is 1. The highest BCUT2D eigenvalue weighted by Gasteiger charge is 2.22. The van der Waals surface area contributed by atoms with Gasteiger partial charge in [-0.25, -0.2) is 13.8 Å². The summed E-state index contributed by atoms with van der Waals surface area (Å²) >= 11 is 1.51. The Hall–Kier alpha value is -9.16. The van der Waals surface area contributed by atoms with Crippen LogP contribution in [0.4, 0.5) is 17.6 Å². The van der Waals surface area contributed by atoms with Gasteiger partial charge in [0.05, 0.1) is 36.5 Å². The molecule has 6 aromatic carbocycles. The lowest BCUT2D eigenvalue weighted by Gasteiger charge is -2.12. The van der Waals surface area contributed by atoms with E-state index in [0.29, 0.717) is 60.0 Å². The highest BCUT2D eigenvalue weighted by atomic mass is 32.1. The number of aromatic nitrogens is 1. The monoisotopic (exact) mass is 1500 g/mol. The number of alkyl halides is 2. The number of ketones is 3. The van der Waals surface area contributed by atoms with E-state index >= 15 is 0 Å². The second kappa shape index (κ2) is 49.7. The lowest BCUT2D eigenvalue weighted by molar-refractivity contribution is -0.0499. The molecule has 0 bridgehead atoms. The van der Waals surface area contributed by atoms with Gasteiger partial charge in [-0.05, 0) is 196 Å². The summed E-state index contributed by atoms with van der Waals surface area (Å²) in [5.74, 6) is 10.9. The fraction of sp³-hybridized carbons (Fsp3) is 0.438. The van der Waals surface area contributed by atoms with Crippen LogP contribution in [0.1, 0.15) is 240 Å². The van der Waals surface area contributed by atoms with Gasteiger partial charge in [0, 0.05) is 41.9 Å². The summed E-state index contributed by atoms with van der Waals surface area (Å²) in [6, 6.07) is 48.4. The quantitative estimate of drug-likeness (QED) is 0.0441. The summed E-state index contributed by atoms with van der Waals surface area (Å²) < 4.78 is 96.3. The van der Waals surface area contributed by atoms with Gasteiger partial charge in [-0.1, -0.05) is 171 Å². The fourth-order valence-electron chi connectivity index (χ4n) is 8.99. The molecule has 4 heterocycles. The number of halogens is 4. The zero-order valence-corrected chi connectivity index (χ0v) is 67.6. The normalized spacial score (nSPS) is 11.6. The van der Waals surface area contributed by atoms with Gasteiger partial charge in [-0.2, -0.15) is 8.78 Å². The van der Waals surface area contributed by atoms with Gasteiger partial charge in [0.15, 0.2) is 34.7 Å². The Morgan fingerprint density at radius 3 is 1.46 bits per heavy atom. The highest BCUT2D eigenvalue weighted by molar-refractivity contribution is 7.12. The van der Waals surface area contributed by atoms with Crippen molar-refractivity contribution in [1.82, 2.24) is 4.98 Å². The van der Waals surface area contributed by atoms with Crippen LogP contribution in [0.25, 0.3) is 0 Å². The first-order valence-corrected chi connectivity index (χ1v) is 37.8. The van der Waals surface area contributed by atoms with Crippen molar-refractivity contribution >= 4 is 28.7 Å². The maximum absolute atomic E-state index is 12.7. The van der Waals surface area contributed by atoms with E-state index in [1.54, 1.807) is 61.0 Å². The van der Waals surface area contributed by atoms with Gasteiger partial charge < -0.3 is 42.0 Å². The Morgan fingerprint density at radius 1 is 0.505 bits per heavy atom. The molecule has 0 radical (unpaired) electrons. The predicted octanol–water partition coefficient (Wildman–Crippen LogP) is 25.5. The molecule has 0 N–H and O–H groups in total. The number of carbonyl (C=O) groups excluding carboxylic acids is 3. The van der Waals surface area contributed by atoms with Crippen molar-refractivity contribution < 1.29 is 73.9 Å². The average Bonchev–Trinajstić information content (AvgIpc) is 1.74. The van der Waals surface area contributed by atoms with Crippen molar-refractivity contribution in [2.45, 2.75) is 207 Å². The molecule has 1 aliphatic carbocycles.